The fourth-order valence-corrected chi connectivity index (χ4v) is 5.68. The van der Waals surface area contributed by atoms with E-state index >= 15 is 0 Å². The maximum atomic E-state index is 12.5. The molecule has 3 heteroatoms. The van der Waals surface area contributed by atoms with Crippen LogP contribution >= 0.6 is 0 Å². The van der Waals surface area contributed by atoms with Crippen molar-refractivity contribution in [2.24, 2.45) is 23.7 Å². The van der Waals surface area contributed by atoms with E-state index in [9.17, 15) is 4.79 Å². The van der Waals surface area contributed by atoms with Crippen LogP contribution in [0.2, 0.25) is 0 Å². The number of rotatable bonds is 4. The molecule has 1 N–H and O–H groups in total. The van der Waals surface area contributed by atoms with Crippen LogP contribution in [0.3, 0.4) is 0 Å². The first-order valence-electron chi connectivity index (χ1n) is 9.49. The maximum absolute atomic E-state index is 12.5. The van der Waals surface area contributed by atoms with Crippen LogP contribution in [0.5, 0.6) is 5.75 Å². The number of benzene rings is 1. The third-order valence-corrected chi connectivity index (χ3v) is 6.68. The van der Waals surface area contributed by atoms with Crippen molar-refractivity contribution < 1.29 is 9.53 Å². The number of carbonyl (C=O) groups excluding carboxylic acids is 1. The number of carbonyl (C=O) groups is 1. The lowest BCUT2D eigenvalue weighted by Crippen LogP contribution is -2.56. The Bertz CT molecular complexity index is 623. The van der Waals surface area contributed by atoms with Crippen molar-refractivity contribution >= 4 is 5.91 Å². The summed E-state index contributed by atoms with van der Waals surface area (Å²) in [6, 6.07) is 4.57. The highest BCUT2D eigenvalue weighted by Gasteiger charge is 2.48. The summed E-state index contributed by atoms with van der Waals surface area (Å²) in [5, 5.41) is 3.32. The van der Waals surface area contributed by atoms with Gasteiger partial charge in [0.1, 0.15) is 5.75 Å². The Balaban J connectivity index is 1.36. The average molecular weight is 327 g/mol. The largest absolute Gasteiger partial charge is 0.483 e. The van der Waals surface area contributed by atoms with Crippen LogP contribution in [-0.2, 0) is 4.79 Å². The summed E-state index contributed by atoms with van der Waals surface area (Å²) < 4.78 is 5.84. The van der Waals surface area contributed by atoms with E-state index in [0.717, 1.165) is 23.1 Å². The van der Waals surface area contributed by atoms with Gasteiger partial charge in [0, 0.05) is 6.04 Å². The summed E-state index contributed by atoms with van der Waals surface area (Å²) in [5.74, 6) is 4.20. The summed E-state index contributed by atoms with van der Waals surface area (Å²) in [6.07, 6.45) is 6.76. The summed E-state index contributed by atoms with van der Waals surface area (Å²) in [4.78, 5) is 12.5. The molecule has 0 aliphatic heterocycles. The van der Waals surface area contributed by atoms with Crippen LogP contribution in [0.15, 0.2) is 12.1 Å². The van der Waals surface area contributed by atoms with Gasteiger partial charge in [-0.1, -0.05) is 6.07 Å². The number of hydrogen-bond acceptors (Lipinski definition) is 2. The minimum absolute atomic E-state index is 0.0473. The van der Waals surface area contributed by atoms with Gasteiger partial charge >= 0.3 is 0 Å². The van der Waals surface area contributed by atoms with Crippen molar-refractivity contribution in [1.29, 1.82) is 0 Å². The van der Waals surface area contributed by atoms with Gasteiger partial charge < -0.3 is 10.1 Å². The second-order valence-corrected chi connectivity index (χ2v) is 8.52. The molecule has 0 heterocycles. The van der Waals surface area contributed by atoms with Crippen LogP contribution < -0.4 is 10.1 Å². The fourth-order valence-electron chi connectivity index (χ4n) is 5.68. The van der Waals surface area contributed by atoms with E-state index in [-0.39, 0.29) is 12.5 Å². The summed E-state index contributed by atoms with van der Waals surface area (Å²) in [5.41, 5.74) is 3.52. The Morgan fingerprint density at radius 2 is 1.67 bits per heavy atom. The molecule has 0 spiro atoms. The number of amides is 1. The number of ether oxygens (including phenoxy) is 1. The second kappa shape index (κ2) is 6.09. The van der Waals surface area contributed by atoms with Crippen molar-refractivity contribution in [2.75, 3.05) is 6.61 Å². The second-order valence-electron chi connectivity index (χ2n) is 8.52. The van der Waals surface area contributed by atoms with E-state index in [0.29, 0.717) is 17.9 Å². The van der Waals surface area contributed by atoms with E-state index in [1.165, 1.54) is 43.2 Å². The Hall–Kier alpha value is -1.51. The zero-order valence-corrected chi connectivity index (χ0v) is 15.1. The number of nitrogens with one attached hydrogen (secondary N) is 1. The zero-order valence-electron chi connectivity index (χ0n) is 15.1. The Morgan fingerprint density at radius 1 is 1.04 bits per heavy atom. The van der Waals surface area contributed by atoms with Crippen LogP contribution in [0.4, 0.5) is 0 Å². The SMILES string of the molecule is Cc1cc(C)c(C)c(OCC(=O)NC2C3CC4CC(C3)CC2C4)c1. The predicted molar refractivity (Wildman–Crippen MR) is 95.1 cm³/mol. The maximum Gasteiger partial charge on any atom is 0.258 e. The van der Waals surface area contributed by atoms with E-state index in [2.05, 4.69) is 32.2 Å². The minimum atomic E-state index is 0.0473. The van der Waals surface area contributed by atoms with Gasteiger partial charge in [0.2, 0.25) is 0 Å². The highest BCUT2D eigenvalue weighted by Crippen LogP contribution is 2.53. The lowest BCUT2D eigenvalue weighted by atomic mass is 9.54. The molecule has 0 unspecified atom stereocenters. The van der Waals surface area contributed by atoms with Crippen molar-refractivity contribution in [1.82, 2.24) is 5.32 Å². The Morgan fingerprint density at radius 3 is 2.29 bits per heavy atom. The van der Waals surface area contributed by atoms with Crippen molar-refractivity contribution in [3.8, 4) is 5.75 Å². The molecule has 0 radical (unpaired) electrons. The molecule has 0 atom stereocenters. The highest BCUT2D eigenvalue weighted by molar-refractivity contribution is 5.78. The summed E-state index contributed by atoms with van der Waals surface area (Å²) >= 11 is 0. The lowest BCUT2D eigenvalue weighted by molar-refractivity contribution is -0.127. The predicted octanol–water partition coefficient (Wildman–Crippen LogP) is 3.93. The van der Waals surface area contributed by atoms with Crippen molar-refractivity contribution in [3.63, 3.8) is 0 Å². The molecule has 4 aliphatic carbocycles. The van der Waals surface area contributed by atoms with Crippen LogP contribution in [0, 0.1) is 44.4 Å². The normalized spacial score (nSPS) is 33.5. The first-order chi connectivity index (χ1) is 11.5. The molecule has 130 valence electrons. The molecule has 1 aromatic rings. The summed E-state index contributed by atoms with van der Waals surface area (Å²) in [6.45, 7) is 6.34. The fraction of sp³-hybridized carbons (Fsp3) is 0.667. The molecule has 0 saturated heterocycles. The number of hydrogen-bond donors (Lipinski definition) is 1. The van der Waals surface area contributed by atoms with Gasteiger partial charge in [0.05, 0.1) is 0 Å². The third kappa shape index (κ3) is 2.94. The van der Waals surface area contributed by atoms with Crippen LogP contribution in [0.1, 0.15) is 48.8 Å². The van der Waals surface area contributed by atoms with E-state index in [1.54, 1.807) is 0 Å². The molecule has 0 aromatic heterocycles. The van der Waals surface area contributed by atoms with Gasteiger partial charge in [-0.15, -0.1) is 0 Å². The molecule has 1 amide bonds. The monoisotopic (exact) mass is 327 g/mol. The average Bonchev–Trinajstić information content (AvgIpc) is 2.52. The van der Waals surface area contributed by atoms with E-state index < -0.39 is 0 Å². The van der Waals surface area contributed by atoms with Crippen molar-refractivity contribution in [3.05, 3.63) is 28.8 Å². The number of aryl methyl sites for hydroxylation is 2. The standard InChI is InChI=1S/C21H29NO2/c1-12-4-13(2)14(3)19(5-12)24-11-20(23)22-21-17-7-15-6-16(9-17)10-18(21)8-15/h4-5,15-18,21H,6-11H2,1-3H3,(H,22,23). The molecule has 5 rings (SSSR count). The molecular weight excluding hydrogens is 298 g/mol. The first-order valence-corrected chi connectivity index (χ1v) is 9.49. The molecular formula is C21H29NO2. The molecule has 4 aliphatic rings. The van der Waals surface area contributed by atoms with Crippen molar-refractivity contribution in [2.45, 2.75) is 58.9 Å². The first kappa shape index (κ1) is 16.0. The molecule has 4 bridgehead atoms. The Labute approximate surface area is 145 Å². The van der Waals surface area contributed by atoms with E-state index in [1.807, 2.05) is 6.07 Å². The van der Waals surface area contributed by atoms with Gasteiger partial charge in [-0.25, -0.2) is 0 Å². The quantitative estimate of drug-likeness (QED) is 0.910. The van der Waals surface area contributed by atoms with E-state index in [4.69, 9.17) is 4.74 Å². The highest BCUT2D eigenvalue weighted by atomic mass is 16.5. The lowest BCUT2D eigenvalue weighted by Gasteiger charge is -2.54. The Kier molecular flexibility index (Phi) is 4.06. The van der Waals surface area contributed by atoms with Gasteiger partial charge in [0.15, 0.2) is 6.61 Å². The van der Waals surface area contributed by atoms with Crippen LogP contribution in [0.25, 0.3) is 0 Å². The third-order valence-electron chi connectivity index (χ3n) is 6.68. The summed E-state index contributed by atoms with van der Waals surface area (Å²) in [7, 11) is 0. The van der Waals surface area contributed by atoms with Crippen LogP contribution in [-0.4, -0.2) is 18.6 Å². The minimum Gasteiger partial charge on any atom is -0.483 e. The zero-order chi connectivity index (χ0) is 16.8. The topological polar surface area (TPSA) is 38.3 Å². The molecule has 4 fully saturated rings. The molecule has 4 saturated carbocycles. The van der Waals surface area contributed by atoms with Gasteiger partial charge in [-0.3, -0.25) is 4.79 Å². The van der Waals surface area contributed by atoms with Gasteiger partial charge in [-0.2, -0.15) is 0 Å². The molecule has 24 heavy (non-hydrogen) atoms. The van der Waals surface area contributed by atoms with Gasteiger partial charge in [-0.05, 0) is 99.3 Å². The smallest absolute Gasteiger partial charge is 0.258 e. The molecule has 1 aromatic carbocycles. The van der Waals surface area contributed by atoms with Gasteiger partial charge in [0.25, 0.3) is 5.91 Å². The molecule has 3 nitrogen and oxygen atoms in total.